The summed E-state index contributed by atoms with van der Waals surface area (Å²) in [5.41, 5.74) is 3.44. The third-order valence-corrected chi connectivity index (χ3v) is 7.12. The van der Waals surface area contributed by atoms with Gasteiger partial charge in [0.2, 0.25) is 0 Å². The molecule has 2 aliphatic heterocycles. The van der Waals surface area contributed by atoms with Crippen molar-refractivity contribution < 1.29 is 22.7 Å². The highest BCUT2D eigenvalue weighted by Gasteiger charge is 2.31. The molecule has 1 aliphatic carbocycles. The zero-order chi connectivity index (χ0) is 23.7. The van der Waals surface area contributed by atoms with E-state index in [1.807, 2.05) is 4.90 Å². The van der Waals surface area contributed by atoms with E-state index in [4.69, 9.17) is 4.74 Å². The Balaban J connectivity index is 1.10. The predicted molar refractivity (Wildman–Crippen MR) is 125 cm³/mol. The van der Waals surface area contributed by atoms with Crippen LogP contribution in [0.25, 0.3) is 0 Å². The van der Waals surface area contributed by atoms with Crippen molar-refractivity contribution in [1.82, 2.24) is 4.90 Å². The van der Waals surface area contributed by atoms with Gasteiger partial charge in [-0.25, -0.2) is 0 Å². The summed E-state index contributed by atoms with van der Waals surface area (Å²) in [5.74, 6) is 0.692. The largest absolute Gasteiger partial charge is 0.478 e. The maximum atomic E-state index is 13.0. The number of halogens is 3. The van der Waals surface area contributed by atoms with Crippen LogP contribution in [0, 0.1) is 0 Å². The molecule has 1 saturated heterocycles. The average molecular weight is 474 g/mol. The van der Waals surface area contributed by atoms with E-state index in [0.29, 0.717) is 25.2 Å². The number of rotatable bonds is 5. The molecule has 5 rings (SSSR count). The number of fused-ring (bicyclic) bond motifs is 2. The zero-order valence-electron chi connectivity index (χ0n) is 19.2. The number of nitrogens with one attached hydrogen (secondary N) is 1. The Labute approximate surface area is 197 Å². The van der Waals surface area contributed by atoms with E-state index in [1.54, 1.807) is 6.07 Å². The first-order chi connectivity index (χ1) is 16.4. The molecule has 0 saturated carbocycles. The fraction of sp³-hybridized carbons (Fsp3) is 0.500. The van der Waals surface area contributed by atoms with Crippen molar-refractivity contribution in [3.8, 4) is 5.75 Å². The summed E-state index contributed by atoms with van der Waals surface area (Å²) in [6.45, 7) is 3.76. The lowest BCUT2D eigenvalue weighted by molar-refractivity contribution is -0.137. The molecule has 0 radical (unpaired) electrons. The molecule has 8 heteroatoms. The first-order valence-electron chi connectivity index (χ1n) is 12.1. The number of nitrogens with zero attached hydrogens (tertiary/aromatic N) is 2. The molecule has 2 aromatic rings. The van der Waals surface area contributed by atoms with E-state index in [2.05, 4.69) is 22.3 Å². The Hall–Kier alpha value is -2.74. The van der Waals surface area contributed by atoms with Crippen molar-refractivity contribution in [3.05, 3.63) is 53.1 Å². The quantitative estimate of drug-likeness (QED) is 0.672. The number of alkyl halides is 3. The van der Waals surface area contributed by atoms with Gasteiger partial charge in [-0.05, 0) is 86.5 Å². The van der Waals surface area contributed by atoms with Crippen LogP contribution in [0.2, 0.25) is 0 Å². The molecule has 2 aromatic carbocycles. The molecule has 5 nitrogen and oxygen atoms in total. The molecule has 0 bridgehead atoms. The normalized spacial score (nSPS) is 20.9. The Morgan fingerprint density at radius 2 is 1.74 bits per heavy atom. The van der Waals surface area contributed by atoms with E-state index in [1.165, 1.54) is 36.1 Å². The molecule has 2 heterocycles. The SMILES string of the molecule is O=C1Nc2cc3c(cc2OC1CCCN1CCN(c2cccc(C(F)(F)F)c2)CC1)CCCC3. The molecule has 0 aromatic heterocycles. The van der Waals surface area contributed by atoms with Gasteiger partial charge in [0.1, 0.15) is 5.75 Å². The van der Waals surface area contributed by atoms with Gasteiger partial charge in [0, 0.05) is 31.9 Å². The molecular weight excluding hydrogens is 443 g/mol. The number of carbonyl (C=O) groups is 1. The second-order valence-electron chi connectivity index (χ2n) is 9.44. The number of hydrogen-bond acceptors (Lipinski definition) is 4. The molecule has 1 unspecified atom stereocenters. The summed E-state index contributed by atoms with van der Waals surface area (Å²) in [5, 5.41) is 3.02. The van der Waals surface area contributed by atoms with Gasteiger partial charge in [-0.15, -0.1) is 0 Å². The average Bonchev–Trinajstić information content (AvgIpc) is 2.83. The lowest BCUT2D eigenvalue weighted by atomic mass is 9.90. The van der Waals surface area contributed by atoms with Gasteiger partial charge in [-0.2, -0.15) is 13.2 Å². The molecule has 34 heavy (non-hydrogen) atoms. The van der Waals surface area contributed by atoms with Crippen LogP contribution < -0.4 is 15.0 Å². The van der Waals surface area contributed by atoms with E-state index >= 15 is 0 Å². The van der Waals surface area contributed by atoms with Crippen LogP contribution >= 0.6 is 0 Å². The number of hydrogen-bond donors (Lipinski definition) is 1. The molecule has 182 valence electrons. The summed E-state index contributed by atoms with van der Waals surface area (Å²) in [6.07, 6.45) is 1.16. The predicted octanol–water partition coefficient (Wildman–Crippen LogP) is 4.89. The first-order valence-corrected chi connectivity index (χ1v) is 12.1. The first kappa shape index (κ1) is 23.0. The maximum Gasteiger partial charge on any atom is 0.416 e. The Morgan fingerprint density at radius 1 is 1.00 bits per heavy atom. The summed E-state index contributed by atoms with van der Waals surface area (Å²) in [7, 11) is 0. The van der Waals surface area contributed by atoms with Crippen LogP contribution in [0.5, 0.6) is 5.75 Å². The smallest absolute Gasteiger partial charge is 0.416 e. The third-order valence-electron chi connectivity index (χ3n) is 7.12. The lowest BCUT2D eigenvalue weighted by Crippen LogP contribution is -2.47. The number of amides is 1. The third kappa shape index (κ3) is 5.02. The van der Waals surface area contributed by atoms with Crippen molar-refractivity contribution in [1.29, 1.82) is 0 Å². The maximum absolute atomic E-state index is 13.0. The van der Waals surface area contributed by atoms with E-state index < -0.39 is 17.8 Å². The van der Waals surface area contributed by atoms with Crippen LogP contribution in [-0.2, 0) is 23.8 Å². The second-order valence-corrected chi connectivity index (χ2v) is 9.44. The number of carbonyl (C=O) groups excluding carboxylic acids is 1. The zero-order valence-corrected chi connectivity index (χ0v) is 19.2. The molecule has 0 spiro atoms. The number of benzene rings is 2. The second kappa shape index (κ2) is 9.49. The molecule has 3 aliphatic rings. The highest BCUT2D eigenvalue weighted by molar-refractivity contribution is 5.97. The lowest BCUT2D eigenvalue weighted by Gasteiger charge is -2.36. The minimum absolute atomic E-state index is 0.0855. The molecule has 1 N–H and O–H groups in total. The topological polar surface area (TPSA) is 44.8 Å². The van der Waals surface area contributed by atoms with Gasteiger partial charge in [0.15, 0.2) is 6.10 Å². The Kier molecular flexibility index (Phi) is 6.42. The fourth-order valence-electron chi connectivity index (χ4n) is 5.18. The summed E-state index contributed by atoms with van der Waals surface area (Å²) in [4.78, 5) is 16.9. The standard InChI is InChI=1S/C26H30F3N3O2/c27-26(28,29)20-7-3-8-21(17-20)32-13-11-31(12-14-32)10-4-9-23-25(33)30-22-15-18-5-1-2-6-19(18)16-24(22)34-23/h3,7-8,15-17,23H,1-2,4-6,9-14H2,(H,30,33). The molecule has 1 atom stereocenters. The summed E-state index contributed by atoms with van der Waals surface area (Å²) >= 11 is 0. The molecular formula is C26H30F3N3O2. The van der Waals surface area contributed by atoms with Crippen LogP contribution in [0.15, 0.2) is 36.4 Å². The van der Waals surface area contributed by atoms with Crippen LogP contribution in [0.1, 0.15) is 42.4 Å². The van der Waals surface area contributed by atoms with Gasteiger partial charge < -0.3 is 15.0 Å². The number of aryl methyl sites for hydroxylation is 2. The summed E-state index contributed by atoms with van der Waals surface area (Å²) in [6, 6.07) is 9.71. The van der Waals surface area contributed by atoms with Crippen molar-refractivity contribution >= 4 is 17.3 Å². The minimum Gasteiger partial charge on any atom is -0.478 e. The number of piperazine rings is 1. The Bertz CT molecular complexity index is 1050. The molecule has 1 amide bonds. The van der Waals surface area contributed by atoms with E-state index in [0.717, 1.165) is 56.4 Å². The van der Waals surface area contributed by atoms with E-state index in [9.17, 15) is 18.0 Å². The molecule has 1 fully saturated rings. The van der Waals surface area contributed by atoms with Gasteiger partial charge in [0.05, 0.1) is 11.3 Å². The van der Waals surface area contributed by atoms with Gasteiger partial charge >= 0.3 is 6.18 Å². The van der Waals surface area contributed by atoms with Crippen molar-refractivity contribution in [2.75, 3.05) is 42.9 Å². The van der Waals surface area contributed by atoms with Crippen LogP contribution in [0.3, 0.4) is 0 Å². The summed E-state index contributed by atoms with van der Waals surface area (Å²) < 4.78 is 45.1. The monoisotopic (exact) mass is 473 g/mol. The van der Waals surface area contributed by atoms with Crippen molar-refractivity contribution in [2.24, 2.45) is 0 Å². The van der Waals surface area contributed by atoms with Crippen molar-refractivity contribution in [2.45, 2.75) is 50.8 Å². The number of ether oxygens (including phenoxy) is 1. The fourth-order valence-corrected chi connectivity index (χ4v) is 5.18. The van der Waals surface area contributed by atoms with Crippen LogP contribution in [-0.4, -0.2) is 49.6 Å². The highest BCUT2D eigenvalue weighted by atomic mass is 19.4. The van der Waals surface area contributed by atoms with Gasteiger partial charge in [-0.3, -0.25) is 9.69 Å². The van der Waals surface area contributed by atoms with E-state index in [-0.39, 0.29) is 5.91 Å². The van der Waals surface area contributed by atoms with Crippen LogP contribution in [0.4, 0.5) is 24.5 Å². The number of anilines is 2. The van der Waals surface area contributed by atoms with Gasteiger partial charge in [0.25, 0.3) is 5.91 Å². The highest BCUT2D eigenvalue weighted by Crippen LogP contribution is 2.36. The minimum atomic E-state index is -4.33. The van der Waals surface area contributed by atoms with Gasteiger partial charge in [-0.1, -0.05) is 6.07 Å². The Morgan fingerprint density at radius 3 is 2.47 bits per heavy atom. The van der Waals surface area contributed by atoms with Crippen molar-refractivity contribution in [3.63, 3.8) is 0 Å².